The Morgan fingerprint density at radius 2 is 1.52 bits per heavy atom. The zero-order chi connectivity index (χ0) is 15.1. The molecule has 0 saturated heterocycles. The number of hydrogen-bond donors (Lipinski definition) is 0. The fraction of sp³-hybridized carbons (Fsp3) is 0.111. The molecule has 0 aromatic heterocycles. The van der Waals surface area contributed by atoms with Gasteiger partial charge in [0.2, 0.25) is 0 Å². The number of terminal acetylenes is 1. The Bertz CT molecular complexity index is 787. The number of rotatable bonds is 1. The molecule has 0 aliphatic carbocycles. The number of hydrogen-bond acceptors (Lipinski definition) is 2. The van der Waals surface area contributed by atoms with Gasteiger partial charge in [-0.25, -0.2) is 4.90 Å². The van der Waals surface area contributed by atoms with Crippen LogP contribution in [0.3, 0.4) is 0 Å². The number of nitrogens with zero attached hydrogens (tertiary/aromatic N) is 1. The first kappa shape index (κ1) is 13.1. The molecule has 2 aromatic rings. The van der Waals surface area contributed by atoms with E-state index in [1.54, 1.807) is 24.3 Å². The molecule has 21 heavy (non-hydrogen) atoms. The standard InChI is InChI=1S/C18H13NO2/c1-4-13-6-5-7-14(10-13)19-17(20)15-11(2)8-9-12(3)16(15)18(19)21/h1,5-10H,2-3H3. The molecule has 1 aliphatic heterocycles. The number of carbonyl (C=O) groups is 2. The minimum atomic E-state index is -0.287. The van der Waals surface area contributed by atoms with E-state index in [0.717, 1.165) is 11.1 Å². The summed E-state index contributed by atoms with van der Waals surface area (Å²) in [5.41, 5.74) is 3.75. The van der Waals surface area contributed by atoms with Crippen LogP contribution >= 0.6 is 0 Å². The van der Waals surface area contributed by atoms with Crippen LogP contribution in [0.25, 0.3) is 0 Å². The molecular formula is C18H13NO2. The van der Waals surface area contributed by atoms with Gasteiger partial charge < -0.3 is 0 Å². The molecule has 3 rings (SSSR count). The van der Waals surface area contributed by atoms with Gasteiger partial charge in [0, 0.05) is 5.56 Å². The lowest BCUT2D eigenvalue weighted by Gasteiger charge is -2.14. The molecule has 3 nitrogen and oxygen atoms in total. The van der Waals surface area contributed by atoms with E-state index in [2.05, 4.69) is 5.92 Å². The molecule has 2 amide bonds. The van der Waals surface area contributed by atoms with Gasteiger partial charge in [0.05, 0.1) is 16.8 Å². The number of carbonyl (C=O) groups excluding carboxylic acids is 2. The van der Waals surface area contributed by atoms with Gasteiger partial charge >= 0.3 is 0 Å². The smallest absolute Gasteiger partial charge is 0.266 e. The summed E-state index contributed by atoms with van der Waals surface area (Å²) in [7, 11) is 0. The highest BCUT2D eigenvalue weighted by Crippen LogP contribution is 2.32. The van der Waals surface area contributed by atoms with E-state index in [4.69, 9.17) is 6.42 Å². The summed E-state index contributed by atoms with van der Waals surface area (Å²) >= 11 is 0. The summed E-state index contributed by atoms with van der Waals surface area (Å²) in [6, 6.07) is 10.6. The number of benzene rings is 2. The van der Waals surface area contributed by atoms with Crippen LogP contribution in [0.4, 0.5) is 5.69 Å². The Hall–Kier alpha value is -2.86. The van der Waals surface area contributed by atoms with Crippen molar-refractivity contribution in [3.05, 3.63) is 64.2 Å². The second-order valence-corrected chi connectivity index (χ2v) is 5.09. The molecule has 1 aliphatic rings. The van der Waals surface area contributed by atoms with Crippen LogP contribution in [0.1, 0.15) is 37.4 Å². The summed E-state index contributed by atoms with van der Waals surface area (Å²) in [6.45, 7) is 3.68. The van der Waals surface area contributed by atoms with Crippen molar-refractivity contribution in [1.29, 1.82) is 0 Å². The fourth-order valence-electron chi connectivity index (χ4n) is 2.65. The van der Waals surface area contributed by atoms with Gasteiger partial charge in [0.25, 0.3) is 11.8 Å². The molecule has 0 saturated carbocycles. The van der Waals surface area contributed by atoms with Crippen molar-refractivity contribution in [3.8, 4) is 12.3 Å². The van der Waals surface area contributed by atoms with E-state index < -0.39 is 0 Å². The van der Waals surface area contributed by atoms with Gasteiger partial charge in [0.15, 0.2) is 0 Å². The third-order valence-corrected chi connectivity index (χ3v) is 3.73. The summed E-state index contributed by atoms with van der Waals surface area (Å²) in [6.07, 6.45) is 5.38. The molecule has 0 unspecified atom stereocenters. The van der Waals surface area contributed by atoms with E-state index in [1.807, 2.05) is 26.0 Å². The predicted octanol–water partition coefficient (Wildman–Crippen LogP) is 3.09. The van der Waals surface area contributed by atoms with E-state index >= 15 is 0 Å². The van der Waals surface area contributed by atoms with E-state index in [9.17, 15) is 9.59 Å². The molecule has 1 heterocycles. The highest BCUT2D eigenvalue weighted by atomic mass is 16.2. The largest absolute Gasteiger partial charge is 0.268 e. The highest BCUT2D eigenvalue weighted by Gasteiger charge is 2.38. The zero-order valence-corrected chi connectivity index (χ0v) is 11.8. The molecule has 0 atom stereocenters. The van der Waals surface area contributed by atoms with Gasteiger partial charge in [-0.3, -0.25) is 9.59 Å². The van der Waals surface area contributed by atoms with Crippen molar-refractivity contribution in [2.45, 2.75) is 13.8 Å². The topological polar surface area (TPSA) is 37.4 Å². The van der Waals surface area contributed by atoms with Crippen molar-refractivity contribution in [1.82, 2.24) is 0 Å². The summed E-state index contributed by atoms with van der Waals surface area (Å²) < 4.78 is 0. The molecule has 0 bridgehead atoms. The van der Waals surface area contributed by atoms with Crippen molar-refractivity contribution < 1.29 is 9.59 Å². The molecular weight excluding hydrogens is 262 g/mol. The summed E-state index contributed by atoms with van der Waals surface area (Å²) in [5, 5.41) is 0. The molecule has 0 N–H and O–H groups in total. The third-order valence-electron chi connectivity index (χ3n) is 3.73. The minimum absolute atomic E-state index is 0.287. The normalized spacial score (nSPS) is 13.3. The summed E-state index contributed by atoms with van der Waals surface area (Å²) in [4.78, 5) is 26.5. The first-order valence-electron chi connectivity index (χ1n) is 6.60. The fourth-order valence-corrected chi connectivity index (χ4v) is 2.65. The predicted molar refractivity (Wildman–Crippen MR) is 81.4 cm³/mol. The van der Waals surface area contributed by atoms with Crippen LogP contribution < -0.4 is 4.90 Å². The lowest BCUT2D eigenvalue weighted by atomic mass is 9.99. The quantitative estimate of drug-likeness (QED) is 0.592. The second kappa shape index (κ2) is 4.60. The maximum atomic E-state index is 12.6. The highest BCUT2D eigenvalue weighted by molar-refractivity contribution is 6.35. The Balaban J connectivity index is 2.19. The van der Waals surface area contributed by atoms with E-state index in [-0.39, 0.29) is 11.8 Å². The number of anilines is 1. The molecule has 102 valence electrons. The van der Waals surface area contributed by atoms with Crippen LogP contribution in [-0.2, 0) is 0 Å². The van der Waals surface area contributed by atoms with Crippen molar-refractivity contribution >= 4 is 17.5 Å². The lowest BCUT2D eigenvalue weighted by molar-refractivity contribution is 0.0926. The summed E-state index contributed by atoms with van der Waals surface area (Å²) in [5.74, 6) is 1.94. The number of fused-ring (bicyclic) bond motifs is 1. The van der Waals surface area contributed by atoms with Crippen LogP contribution in [0, 0.1) is 26.2 Å². The van der Waals surface area contributed by atoms with Crippen LogP contribution in [0.2, 0.25) is 0 Å². The van der Waals surface area contributed by atoms with Gasteiger partial charge in [-0.2, -0.15) is 0 Å². The average molecular weight is 275 g/mol. The Morgan fingerprint density at radius 3 is 2.05 bits per heavy atom. The molecule has 0 radical (unpaired) electrons. The molecule has 0 spiro atoms. The van der Waals surface area contributed by atoms with Crippen LogP contribution in [0.15, 0.2) is 36.4 Å². The Morgan fingerprint density at radius 1 is 0.952 bits per heavy atom. The van der Waals surface area contributed by atoms with Crippen molar-refractivity contribution in [2.24, 2.45) is 0 Å². The maximum absolute atomic E-state index is 12.6. The zero-order valence-electron chi connectivity index (χ0n) is 11.8. The third kappa shape index (κ3) is 1.85. The number of aryl methyl sites for hydroxylation is 2. The first-order chi connectivity index (χ1) is 10.0. The maximum Gasteiger partial charge on any atom is 0.266 e. The van der Waals surface area contributed by atoms with Gasteiger partial charge in [-0.1, -0.05) is 24.1 Å². The van der Waals surface area contributed by atoms with Gasteiger partial charge in [-0.15, -0.1) is 6.42 Å². The molecule has 3 heteroatoms. The Kier molecular flexibility index (Phi) is 2.88. The van der Waals surface area contributed by atoms with E-state index in [1.165, 1.54) is 4.90 Å². The van der Waals surface area contributed by atoms with Crippen LogP contribution in [0.5, 0.6) is 0 Å². The molecule has 2 aromatic carbocycles. The second-order valence-electron chi connectivity index (χ2n) is 5.09. The Labute approximate surface area is 123 Å². The SMILES string of the molecule is C#Cc1cccc(N2C(=O)c3c(C)ccc(C)c3C2=O)c1. The van der Waals surface area contributed by atoms with E-state index in [0.29, 0.717) is 22.4 Å². The lowest BCUT2D eigenvalue weighted by Crippen LogP contribution is -2.29. The van der Waals surface area contributed by atoms with Gasteiger partial charge in [-0.05, 0) is 43.2 Å². The van der Waals surface area contributed by atoms with Crippen molar-refractivity contribution in [3.63, 3.8) is 0 Å². The van der Waals surface area contributed by atoms with Crippen molar-refractivity contribution in [2.75, 3.05) is 4.90 Å². The number of amides is 2. The monoisotopic (exact) mass is 275 g/mol. The van der Waals surface area contributed by atoms with Crippen LogP contribution in [-0.4, -0.2) is 11.8 Å². The number of imide groups is 1. The van der Waals surface area contributed by atoms with Gasteiger partial charge in [0.1, 0.15) is 0 Å². The first-order valence-corrected chi connectivity index (χ1v) is 6.60. The average Bonchev–Trinajstić information content (AvgIpc) is 2.75. The minimum Gasteiger partial charge on any atom is -0.268 e. The molecule has 0 fully saturated rings.